The third-order valence-electron chi connectivity index (χ3n) is 17.6. The molecule has 0 spiro atoms. The topological polar surface area (TPSA) is 173 Å². The van der Waals surface area contributed by atoms with E-state index < -0.39 is 35.1 Å². The molecule has 4 atom stereocenters. The number of hydrogen-bond acceptors (Lipinski definition) is 9. The first-order valence-corrected chi connectivity index (χ1v) is 26.4. The van der Waals surface area contributed by atoms with Crippen molar-refractivity contribution >= 4 is 52.1 Å². The number of carbonyl (C=O) groups is 4. The Morgan fingerprint density at radius 2 is 1.70 bits per heavy atom. The summed E-state index contributed by atoms with van der Waals surface area (Å²) in [5.41, 5.74) is 7.84. The van der Waals surface area contributed by atoms with Gasteiger partial charge in [-0.25, -0.2) is 13.6 Å². The first kappa shape index (κ1) is 49.1. The van der Waals surface area contributed by atoms with Gasteiger partial charge in [-0.1, -0.05) is 54.9 Å². The van der Waals surface area contributed by atoms with Crippen LogP contribution in [0.1, 0.15) is 110 Å². The number of amides is 5. The number of anilines is 1. The van der Waals surface area contributed by atoms with Gasteiger partial charge in [-0.15, -0.1) is 0 Å². The molecule has 5 aromatic rings. The Hall–Kier alpha value is -6.10. The fraction of sp³-hybridized carbons (Fsp3) is 0.482. The van der Waals surface area contributed by atoms with Gasteiger partial charge in [0.15, 0.2) is 23.0 Å². The lowest BCUT2D eigenvalue weighted by molar-refractivity contribution is -0.129. The molecule has 384 valence electrons. The maximum absolute atomic E-state index is 16.3. The van der Waals surface area contributed by atoms with Crippen molar-refractivity contribution in [3.05, 3.63) is 106 Å². The van der Waals surface area contributed by atoms with E-state index in [4.69, 9.17) is 26.8 Å². The number of aromatic nitrogens is 2. The summed E-state index contributed by atoms with van der Waals surface area (Å²) in [6.45, 7) is 5.70. The number of methoxy groups -OCH3 is 1. The zero-order chi connectivity index (χ0) is 50.9. The van der Waals surface area contributed by atoms with E-state index in [0.29, 0.717) is 42.2 Å². The minimum atomic E-state index is -1.07. The van der Waals surface area contributed by atoms with E-state index in [9.17, 15) is 19.2 Å². The summed E-state index contributed by atoms with van der Waals surface area (Å²) in [7, 11) is 3.20. The van der Waals surface area contributed by atoms with Crippen LogP contribution in [0, 0.1) is 35.3 Å². The molecule has 1 aromatic heterocycles. The van der Waals surface area contributed by atoms with E-state index >= 15 is 8.78 Å². The average Bonchev–Trinajstić information content (AvgIpc) is 3.85. The van der Waals surface area contributed by atoms with Crippen molar-refractivity contribution in [3.8, 4) is 22.6 Å². The Kier molecular flexibility index (Phi) is 13.2. The van der Waals surface area contributed by atoms with E-state index in [2.05, 4.69) is 44.1 Å². The first-order chi connectivity index (χ1) is 35.2. The largest absolute Gasteiger partial charge is 0.494 e. The third kappa shape index (κ3) is 8.90. The predicted octanol–water partition coefficient (Wildman–Crippen LogP) is 8.68. The van der Waals surface area contributed by atoms with Crippen LogP contribution in [0.4, 0.5) is 19.4 Å². The maximum atomic E-state index is 16.3. The highest BCUT2D eigenvalue weighted by Crippen LogP contribution is 2.57. The number of piperidine rings is 1. The number of nitrogens with one attached hydrogen (secondary N) is 3. The molecular formula is C56H63ClF2N8O6. The lowest BCUT2D eigenvalue weighted by Crippen LogP contribution is -2.56. The number of likely N-dealkylation sites (tertiary alicyclic amines) is 1. The van der Waals surface area contributed by atoms with Crippen molar-refractivity contribution in [2.75, 3.05) is 44.7 Å². The molecule has 7 aliphatic rings. The van der Waals surface area contributed by atoms with E-state index in [1.54, 1.807) is 4.90 Å². The predicted molar refractivity (Wildman–Crippen MR) is 274 cm³/mol. The number of primary amides is 1. The number of benzene rings is 4. The molecule has 4 saturated carbocycles. The molecule has 5 amide bonds. The van der Waals surface area contributed by atoms with Crippen LogP contribution in [-0.4, -0.2) is 90.4 Å². The quantitative estimate of drug-likeness (QED) is 0.0901. The second-order valence-corrected chi connectivity index (χ2v) is 21.9. The molecule has 0 radical (unpaired) electrons. The zero-order valence-electron chi connectivity index (χ0n) is 41.5. The van der Waals surface area contributed by atoms with Crippen LogP contribution in [-0.2, 0) is 22.2 Å². The van der Waals surface area contributed by atoms with E-state index in [0.717, 1.165) is 87.0 Å². The van der Waals surface area contributed by atoms with Crippen LogP contribution in [0.2, 0.25) is 5.02 Å². The van der Waals surface area contributed by atoms with Crippen molar-refractivity contribution in [2.45, 2.75) is 101 Å². The number of aryl methyl sites for hydroxylation is 1. The molecule has 2 saturated heterocycles. The van der Waals surface area contributed by atoms with Gasteiger partial charge in [0.2, 0.25) is 17.7 Å². The Labute approximate surface area is 428 Å². The molecule has 3 aliphatic heterocycles. The number of urea groups is 1. The number of hydrogen-bond donors (Lipinski definition) is 4. The van der Waals surface area contributed by atoms with E-state index in [1.807, 2.05) is 49.0 Å². The molecule has 14 nitrogen and oxygen atoms in total. The van der Waals surface area contributed by atoms with Gasteiger partial charge in [0, 0.05) is 85.2 Å². The SMILES string of the molecule is COc1ccc(C(N)=O)c(-c2c(Cl)c(F)cc3c2[C@H](C)[C@@](CNC2CCC(C(=O)N[C@@H]4C[C@H](CN5CCC(c6ccc7c(N8CCC(=O)NC8=O)nn(C)c7c6)CC5)C5CC4C5)CC2)(c2ccccc2)O3)c1F. The molecule has 6 fully saturated rings. The second kappa shape index (κ2) is 19.6. The lowest BCUT2D eigenvalue weighted by atomic mass is 9.57. The van der Waals surface area contributed by atoms with Crippen molar-refractivity contribution in [3.63, 3.8) is 0 Å². The number of fused-ring (bicyclic) bond motifs is 4. The molecule has 0 unspecified atom stereocenters. The van der Waals surface area contributed by atoms with Gasteiger partial charge in [0.05, 0.1) is 23.2 Å². The summed E-state index contributed by atoms with van der Waals surface area (Å²) in [6.07, 6.45) is 8.85. The Balaban J connectivity index is 0.698. The molecule has 17 heteroatoms. The van der Waals surface area contributed by atoms with Gasteiger partial charge in [-0.2, -0.15) is 5.10 Å². The van der Waals surface area contributed by atoms with Crippen molar-refractivity contribution in [1.29, 1.82) is 0 Å². The summed E-state index contributed by atoms with van der Waals surface area (Å²) in [6, 6.07) is 19.9. The van der Waals surface area contributed by atoms with Crippen LogP contribution in [0.3, 0.4) is 0 Å². The minimum Gasteiger partial charge on any atom is -0.494 e. The van der Waals surface area contributed by atoms with Gasteiger partial charge < -0.3 is 30.7 Å². The summed E-state index contributed by atoms with van der Waals surface area (Å²) in [4.78, 5) is 55.3. The maximum Gasteiger partial charge on any atom is 0.329 e. The van der Waals surface area contributed by atoms with E-state index in [1.165, 1.54) is 43.7 Å². The van der Waals surface area contributed by atoms with Crippen LogP contribution < -0.4 is 36.1 Å². The minimum absolute atomic E-state index is 0.00159. The van der Waals surface area contributed by atoms with Gasteiger partial charge in [0.25, 0.3) is 0 Å². The van der Waals surface area contributed by atoms with Crippen molar-refractivity contribution < 1.29 is 37.4 Å². The zero-order valence-corrected chi connectivity index (χ0v) is 42.3. The number of halogens is 3. The Bertz CT molecular complexity index is 2990. The molecule has 5 N–H and O–H groups in total. The van der Waals surface area contributed by atoms with Gasteiger partial charge in [-0.05, 0) is 130 Å². The molecule has 4 aromatic carbocycles. The highest BCUT2D eigenvalue weighted by Gasteiger charge is 2.51. The molecule has 73 heavy (non-hydrogen) atoms. The number of rotatable bonds is 13. The highest BCUT2D eigenvalue weighted by molar-refractivity contribution is 6.34. The Morgan fingerprint density at radius 3 is 2.41 bits per heavy atom. The van der Waals surface area contributed by atoms with Crippen LogP contribution in [0.5, 0.6) is 11.5 Å². The summed E-state index contributed by atoms with van der Waals surface area (Å²) < 4.78 is 46.0. The molecular weight excluding hydrogens is 954 g/mol. The summed E-state index contributed by atoms with van der Waals surface area (Å²) in [5.74, 6) is -0.403. The summed E-state index contributed by atoms with van der Waals surface area (Å²) >= 11 is 6.72. The molecule has 4 aliphatic carbocycles. The van der Waals surface area contributed by atoms with Crippen LogP contribution in [0.15, 0.2) is 66.7 Å². The van der Waals surface area contributed by atoms with Crippen LogP contribution in [0.25, 0.3) is 22.0 Å². The number of imide groups is 1. The van der Waals surface area contributed by atoms with Crippen molar-refractivity contribution in [1.82, 2.24) is 30.6 Å². The van der Waals surface area contributed by atoms with Gasteiger partial charge in [0.1, 0.15) is 11.6 Å². The van der Waals surface area contributed by atoms with E-state index in [-0.39, 0.29) is 69.4 Å². The summed E-state index contributed by atoms with van der Waals surface area (Å²) in [5, 5.41) is 15.0. The van der Waals surface area contributed by atoms with Gasteiger partial charge in [-0.3, -0.25) is 29.3 Å². The fourth-order valence-electron chi connectivity index (χ4n) is 13.3. The average molecular weight is 1020 g/mol. The molecule has 2 bridgehead atoms. The molecule has 12 rings (SSSR count). The normalized spacial score (nSPS) is 27.3. The second-order valence-electron chi connectivity index (χ2n) is 21.5. The van der Waals surface area contributed by atoms with Crippen LogP contribution >= 0.6 is 11.6 Å². The monoisotopic (exact) mass is 1020 g/mol. The molecule has 4 heterocycles. The first-order valence-electron chi connectivity index (χ1n) is 26.0. The fourth-order valence-corrected chi connectivity index (χ4v) is 13.6. The number of nitrogens with two attached hydrogens (primary N) is 1. The number of nitrogens with zero attached hydrogens (tertiary/aromatic N) is 4. The number of ether oxygens (including phenoxy) is 2. The van der Waals surface area contributed by atoms with Gasteiger partial charge >= 0.3 is 6.03 Å². The number of carbonyl (C=O) groups excluding carboxylic acids is 4. The van der Waals surface area contributed by atoms with Crippen molar-refractivity contribution in [2.24, 2.45) is 36.5 Å². The lowest BCUT2D eigenvalue weighted by Gasteiger charge is -2.53. The third-order valence-corrected chi connectivity index (χ3v) is 17.9. The Morgan fingerprint density at radius 1 is 0.945 bits per heavy atom. The standard InChI is InChI=1S/C56H63ClF2N8O6/c1-30-47-45(27-41(58)50(57)49(47)48-40(52(60)69)15-16-44(72-3)51(48)59)73-56(30,37-7-5-4-6-8-37)29-61-38-12-9-32(10-13-38)54(70)62-42-25-36(34-23-35(42)24-34)28-66-20-17-31(18-21-66)33-11-14-39-43(26-33)65(2)64-53(39)67-22-19-46(68)63-55(67)71/h4-8,11,14-16,26-27,30-32,34-36,38,42,61H,9-10,12-13,17-25,28-29H2,1-3H3,(H2,60,69)(H,62,70)(H,63,68,71)/t30-,32?,34?,35?,36+,38?,42+,56-/m0/s1. The smallest absolute Gasteiger partial charge is 0.329 e. The highest BCUT2D eigenvalue weighted by atomic mass is 35.5.